The fourth-order valence-corrected chi connectivity index (χ4v) is 1.57. The van der Waals surface area contributed by atoms with Gasteiger partial charge in [0.05, 0.1) is 0 Å². The molecule has 1 fully saturated rings. The van der Waals surface area contributed by atoms with Gasteiger partial charge in [-0.15, -0.1) is 0 Å². The highest BCUT2D eigenvalue weighted by Gasteiger charge is 2.13. The van der Waals surface area contributed by atoms with Gasteiger partial charge < -0.3 is 4.90 Å². The standard InChI is InChI=1S/C8H17N.C3H8/c1-3-9-6-4-5-8(2)7-9;1-3-2/h8H,3-7H2,1-2H3;3H2,1-2H3. The van der Waals surface area contributed by atoms with Crippen molar-refractivity contribution in [1.82, 2.24) is 4.90 Å². The van der Waals surface area contributed by atoms with E-state index < -0.39 is 0 Å². The summed E-state index contributed by atoms with van der Waals surface area (Å²) in [5.74, 6) is 0.943. The van der Waals surface area contributed by atoms with Crippen LogP contribution < -0.4 is 0 Å². The maximum Gasteiger partial charge on any atom is 0.000691 e. The van der Waals surface area contributed by atoms with E-state index in [1.54, 1.807) is 0 Å². The average molecular weight is 171 g/mol. The van der Waals surface area contributed by atoms with Crippen molar-refractivity contribution in [1.29, 1.82) is 0 Å². The van der Waals surface area contributed by atoms with Crippen LogP contribution in [0.4, 0.5) is 0 Å². The predicted molar refractivity (Wildman–Crippen MR) is 56.5 cm³/mol. The number of nitrogens with zero attached hydrogens (tertiary/aromatic N) is 1. The van der Waals surface area contributed by atoms with Crippen LogP contribution in [-0.2, 0) is 0 Å². The molecule has 1 heteroatoms. The average Bonchev–Trinajstić information content (AvgIpc) is 2.06. The summed E-state index contributed by atoms with van der Waals surface area (Å²) >= 11 is 0. The maximum absolute atomic E-state index is 2.54. The molecule has 1 aliphatic heterocycles. The van der Waals surface area contributed by atoms with Gasteiger partial charge in [0.1, 0.15) is 0 Å². The van der Waals surface area contributed by atoms with Gasteiger partial charge in [-0.1, -0.05) is 34.1 Å². The zero-order chi connectivity index (χ0) is 9.40. The minimum atomic E-state index is 0.943. The number of hydrogen-bond donors (Lipinski definition) is 0. The Bertz CT molecular complexity index is 91.0. The summed E-state index contributed by atoms with van der Waals surface area (Å²) in [7, 11) is 0. The summed E-state index contributed by atoms with van der Waals surface area (Å²) in [6, 6.07) is 0. The molecule has 74 valence electrons. The molecule has 1 atom stereocenters. The SMILES string of the molecule is CCC.CCN1CCCC(C)C1. The Labute approximate surface area is 78.1 Å². The van der Waals surface area contributed by atoms with E-state index in [2.05, 4.69) is 32.6 Å². The van der Waals surface area contributed by atoms with E-state index in [9.17, 15) is 0 Å². The van der Waals surface area contributed by atoms with E-state index in [1.165, 1.54) is 38.9 Å². The van der Waals surface area contributed by atoms with Gasteiger partial charge in [-0.05, 0) is 31.8 Å². The number of likely N-dealkylation sites (tertiary alicyclic amines) is 1. The van der Waals surface area contributed by atoms with Crippen molar-refractivity contribution in [2.45, 2.75) is 47.0 Å². The van der Waals surface area contributed by atoms with Crippen molar-refractivity contribution in [2.75, 3.05) is 19.6 Å². The largest absolute Gasteiger partial charge is 0.303 e. The molecule has 0 radical (unpaired) electrons. The highest BCUT2D eigenvalue weighted by atomic mass is 15.1. The van der Waals surface area contributed by atoms with Crippen LogP contribution in [0.25, 0.3) is 0 Å². The summed E-state index contributed by atoms with van der Waals surface area (Å²) < 4.78 is 0. The smallest absolute Gasteiger partial charge is 0.000691 e. The molecule has 0 aliphatic carbocycles. The quantitative estimate of drug-likeness (QED) is 0.586. The molecule has 0 bridgehead atoms. The molecular formula is C11H25N. The van der Waals surface area contributed by atoms with Crippen LogP contribution in [0.1, 0.15) is 47.0 Å². The number of rotatable bonds is 1. The van der Waals surface area contributed by atoms with E-state index in [0.29, 0.717) is 0 Å². The van der Waals surface area contributed by atoms with Crippen LogP contribution in [0.15, 0.2) is 0 Å². The zero-order valence-corrected chi connectivity index (χ0v) is 9.27. The van der Waals surface area contributed by atoms with Gasteiger partial charge in [0.2, 0.25) is 0 Å². The molecule has 1 saturated heterocycles. The number of hydrogen-bond acceptors (Lipinski definition) is 1. The first kappa shape index (κ1) is 12.0. The van der Waals surface area contributed by atoms with Gasteiger partial charge in [0.15, 0.2) is 0 Å². The lowest BCUT2D eigenvalue weighted by molar-refractivity contribution is 0.192. The van der Waals surface area contributed by atoms with Crippen LogP contribution in [0.3, 0.4) is 0 Å². The van der Waals surface area contributed by atoms with E-state index in [-0.39, 0.29) is 0 Å². The molecule has 0 aromatic heterocycles. The van der Waals surface area contributed by atoms with E-state index in [1.807, 2.05) is 0 Å². The molecule has 0 spiro atoms. The van der Waals surface area contributed by atoms with E-state index in [4.69, 9.17) is 0 Å². The molecule has 12 heavy (non-hydrogen) atoms. The topological polar surface area (TPSA) is 3.24 Å². The Balaban J connectivity index is 0.000000354. The molecule has 0 saturated carbocycles. The Morgan fingerprint density at radius 2 is 1.83 bits per heavy atom. The lowest BCUT2D eigenvalue weighted by atomic mass is 10.0. The fraction of sp³-hybridized carbons (Fsp3) is 1.00. The molecule has 1 rings (SSSR count). The van der Waals surface area contributed by atoms with Crippen molar-refractivity contribution < 1.29 is 0 Å². The van der Waals surface area contributed by atoms with Crippen LogP contribution >= 0.6 is 0 Å². The lowest BCUT2D eigenvalue weighted by Gasteiger charge is -2.29. The second kappa shape index (κ2) is 7.60. The van der Waals surface area contributed by atoms with Gasteiger partial charge in [0.25, 0.3) is 0 Å². The normalized spacial score (nSPS) is 24.5. The Kier molecular flexibility index (Phi) is 7.58. The summed E-state index contributed by atoms with van der Waals surface area (Å²) in [5.41, 5.74) is 0. The van der Waals surface area contributed by atoms with Crippen LogP contribution in [0.2, 0.25) is 0 Å². The molecular weight excluding hydrogens is 146 g/mol. The third-order valence-corrected chi connectivity index (χ3v) is 2.19. The molecule has 0 aromatic rings. The van der Waals surface area contributed by atoms with Crippen LogP contribution in [0.5, 0.6) is 0 Å². The number of piperidine rings is 1. The first-order valence-electron chi connectivity index (χ1n) is 5.46. The second-order valence-corrected chi connectivity index (χ2v) is 3.85. The molecule has 0 aromatic carbocycles. The van der Waals surface area contributed by atoms with E-state index >= 15 is 0 Å². The molecule has 1 heterocycles. The van der Waals surface area contributed by atoms with Crippen LogP contribution in [-0.4, -0.2) is 24.5 Å². The Morgan fingerprint density at radius 1 is 1.25 bits per heavy atom. The summed E-state index contributed by atoms with van der Waals surface area (Å²) in [6.07, 6.45) is 4.10. The van der Waals surface area contributed by atoms with Crippen molar-refractivity contribution in [3.63, 3.8) is 0 Å². The highest BCUT2D eigenvalue weighted by Crippen LogP contribution is 2.14. The molecule has 0 amide bonds. The Hall–Kier alpha value is -0.0400. The summed E-state index contributed by atoms with van der Waals surface area (Å²) in [4.78, 5) is 2.54. The molecule has 1 unspecified atom stereocenters. The van der Waals surface area contributed by atoms with Gasteiger partial charge in [0, 0.05) is 6.54 Å². The first-order valence-corrected chi connectivity index (χ1v) is 5.46. The molecule has 1 nitrogen and oxygen atoms in total. The molecule has 1 aliphatic rings. The monoisotopic (exact) mass is 171 g/mol. The van der Waals surface area contributed by atoms with Crippen LogP contribution in [0, 0.1) is 5.92 Å². The highest BCUT2D eigenvalue weighted by molar-refractivity contribution is 4.67. The van der Waals surface area contributed by atoms with Gasteiger partial charge in [-0.25, -0.2) is 0 Å². The third kappa shape index (κ3) is 5.59. The lowest BCUT2D eigenvalue weighted by Crippen LogP contribution is -2.33. The summed E-state index contributed by atoms with van der Waals surface area (Å²) in [5, 5.41) is 0. The minimum absolute atomic E-state index is 0.943. The third-order valence-electron chi connectivity index (χ3n) is 2.19. The first-order chi connectivity index (χ1) is 5.74. The zero-order valence-electron chi connectivity index (χ0n) is 9.27. The minimum Gasteiger partial charge on any atom is -0.303 e. The molecule has 0 N–H and O–H groups in total. The van der Waals surface area contributed by atoms with Gasteiger partial charge >= 0.3 is 0 Å². The predicted octanol–water partition coefficient (Wildman–Crippen LogP) is 3.15. The Morgan fingerprint density at radius 3 is 2.17 bits per heavy atom. The maximum atomic E-state index is 2.54. The summed E-state index contributed by atoms with van der Waals surface area (Å²) in [6.45, 7) is 12.8. The van der Waals surface area contributed by atoms with E-state index in [0.717, 1.165) is 5.92 Å². The van der Waals surface area contributed by atoms with Gasteiger partial charge in [-0.2, -0.15) is 0 Å². The second-order valence-electron chi connectivity index (χ2n) is 3.85. The van der Waals surface area contributed by atoms with Crippen molar-refractivity contribution in [3.8, 4) is 0 Å². The van der Waals surface area contributed by atoms with Crippen molar-refractivity contribution in [2.24, 2.45) is 5.92 Å². The fourth-order valence-electron chi connectivity index (χ4n) is 1.57. The van der Waals surface area contributed by atoms with Crippen molar-refractivity contribution >= 4 is 0 Å². The van der Waals surface area contributed by atoms with Crippen molar-refractivity contribution in [3.05, 3.63) is 0 Å². The van der Waals surface area contributed by atoms with Gasteiger partial charge in [-0.3, -0.25) is 0 Å².